The molecule has 19 rings (SSSR count). The summed E-state index contributed by atoms with van der Waals surface area (Å²) >= 11 is 0. The molecule has 12 saturated heterocycles. The van der Waals surface area contributed by atoms with Crippen molar-refractivity contribution in [3.63, 3.8) is 0 Å². The van der Waals surface area contributed by atoms with E-state index >= 15 is 0 Å². The molecule has 28 atom stereocenters. The maximum atomic E-state index is 3.73. The quantitative estimate of drug-likeness (QED) is 0.241. The molecule has 0 amide bonds. The highest BCUT2D eigenvalue weighted by Crippen LogP contribution is 2.80. The van der Waals surface area contributed by atoms with Crippen LogP contribution < -0.4 is 0 Å². The van der Waals surface area contributed by atoms with Gasteiger partial charge < -0.3 is 0 Å². The van der Waals surface area contributed by atoms with Crippen LogP contribution in [0.15, 0.2) is 0 Å². The van der Waals surface area contributed by atoms with Crippen molar-refractivity contribution in [2.45, 2.75) is 223 Å². The molecule has 0 bridgehead atoms. The predicted molar refractivity (Wildman–Crippen MR) is 212 cm³/mol. The Hall–Kier alpha value is -0.0301. The molecule has 0 aromatic carbocycles. The van der Waals surface area contributed by atoms with Crippen molar-refractivity contribution in [1.29, 1.82) is 0 Å². The molecule has 284 valence electrons. The average Bonchev–Trinajstić information content (AvgIpc) is 3.21. The van der Waals surface area contributed by atoms with E-state index in [1.165, 1.54) is 0 Å². The summed E-state index contributed by atoms with van der Waals surface area (Å²) in [6.07, 6.45) is 29.6. The molecule has 0 aromatic rings. The van der Waals surface area contributed by atoms with Crippen molar-refractivity contribution in [2.24, 2.45) is 71.0 Å². The van der Waals surface area contributed by atoms with E-state index in [0.29, 0.717) is 0 Å². The second-order valence-electron chi connectivity index (χ2n) is 26.3. The van der Waals surface area contributed by atoms with E-state index in [9.17, 15) is 0 Å². The van der Waals surface area contributed by atoms with Gasteiger partial charge in [0, 0.05) is 72.5 Å². The SMILES string of the molecule is C1CC2CC3CCC4CC5CCC6CC7CCC8CC9CCC%10CC%11CCC%12CC1C1B%13C%12C%11N%11C%10C9N9C8C7B7C6C5N5C4C3N(C21)C1C%13C%11C9C7C15. The fraction of sp³-hybridized carbons (Fsp3) is 1.00. The Balaban J connectivity index is 0.934. The maximum Gasteiger partial charge on any atom is 0.157 e. The van der Waals surface area contributed by atoms with Gasteiger partial charge in [0.2, 0.25) is 0 Å². The van der Waals surface area contributed by atoms with E-state index < -0.39 is 0 Å². The van der Waals surface area contributed by atoms with E-state index in [1.54, 1.807) is 116 Å². The van der Waals surface area contributed by atoms with Gasteiger partial charge in [0.1, 0.15) is 0 Å². The second kappa shape index (κ2) is 9.02. The third-order valence-corrected chi connectivity index (χ3v) is 26.5. The van der Waals surface area contributed by atoms with Crippen LogP contribution in [0.25, 0.3) is 0 Å². The highest BCUT2D eigenvalue weighted by atomic mass is 15.5. The first-order chi connectivity index (χ1) is 26.8. The summed E-state index contributed by atoms with van der Waals surface area (Å²) in [6.45, 7) is 2.22. The lowest BCUT2D eigenvalue weighted by Crippen LogP contribution is -2.96. The van der Waals surface area contributed by atoms with Gasteiger partial charge in [-0.2, -0.15) is 0 Å². The van der Waals surface area contributed by atoms with Crippen molar-refractivity contribution in [1.82, 2.24) is 19.6 Å². The number of hydrogen-bond acceptors (Lipinski definition) is 4. The first-order valence-electron chi connectivity index (χ1n) is 25.9. The zero-order valence-corrected chi connectivity index (χ0v) is 33.0. The summed E-state index contributed by atoms with van der Waals surface area (Å²) in [4.78, 5) is 14.9. The van der Waals surface area contributed by atoms with E-state index in [4.69, 9.17) is 0 Å². The highest BCUT2D eigenvalue weighted by molar-refractivity contribution is 6.67. The van der Waals surface area contributed by atoms with Gasteiger partial charge in [0.25, 0.3) is 0 Å². The summed E-state index contributed by atoms with van der Waals surface area (Å²) in [7, 11) is 0. The smallest absolute Gasteiger partial charge is 0.157 e. The molecular formula is C48H66B2N4. The molecule has 4 nitrogen and oxygen atoms in total. The van der Waals surface area contributed by atoms with Crippen molar-refractivity contribution < 1.29 is 0 Å². The number of nitrogens with zero attached hydrogens (tertiary/aromatic N) is 4. The van der Waals surface area contributed by atoms with Gasteiger partial charge in [-0.1, -0.05) is 25.7 Å². The molecule has 7 saturated carbocycles. The molecule has 0 N–H and O–H groups in total. The van der Waals surface area contributed by atoms with Crippen LogP contribution >= 0.6 is 0 Å². The summed E-state index contributed by atoms with van der Waals surface area (Å²) in [5, 5.41) is 0. The van der Waals surface area contributed by atoms with Crippen LogP contribution in [-0.2, 0) is 0 Å². The van der Waals surface area contributed by atoms with Crippen molar-refractivity contribution in [2.75, 3.05) is 0 Å². The van der Waals surface area contributed by atoms with Gasteiger partial charge in [-0.3, -0.25) is 19.6 Å². The minimum Gasteiger partial charge on any atom is -0.292 e. The Kier molecular flexibility index (Phi) is 4.88. The Bertz CT molecular complexity index is 1360. The first kappa shape index (κ1) is 29.2. The van der Waals surface area contributed by atoms with Gasteiger partial charge in [0.15, 0.2) is 13.4 Å². The highest BCUT2D eigenvalue weighted by Gasteiger charge is 2.85. The van der Waals surface area contributed by atoms with Crippen LogP contribution in [0.1, 0.15) is 116 Å². The first-order valence-corrected chi connectivity index (χ1v) is 25.9. The Morgan fingerprint density at radius 3 is 0.667 bits per heavy atom. The van der Waals surface area contributed by atoms with Gasteiger partial charge in [-0.05, 0) is 196 Å². The fourth-order valence-corrected chi connectivity index (χ4v) is 27.0. The third kappa shape index (κ3) is 2.74. The number of hydrogen-bond donors (Lipinski definition) is 0. The molecule has 0 radical (unpaired) electrons. The topological polar surface area (TPSA) is 13.0 Å². The van der Waals surface area contributed by atoms with Crippen molar-refractivity contribution >= 4 is 13.4 Å². The molecule has 0 spiro atoms. The van der Waals surface area contributed by atoms with Crippen LogP contribution in [-0.4, -0.2) is 106 Å². The normalized spacial score (nSPS) is 73.3. The van der Waals surface area contributed by atoms with Crippen LogP contribution in [0, 0.1) is 71.0 Å². The van der Waals surface area contributed by atoms with E-state index in [1.807, 2.05) is 0 Å². The molecule has 28 unspecified atom stereocenters. The number of piperidine rings is 4. The molecular weight excluding hydrogens is 654 g/mol. The van der Waals surface area contributed by atoms with Crippen LogP contribution in [0.5, 0.6) is 0 Å². The van der Waals surface area contributed by atoms with Crippen molar-refractivity contribution in [3.05, 3.63) is 0 Å². The van der Waals surface area contributed by atoms with Gasteiger partial charge in [-0.25, -0.2) is 0 Å². The second-order valence-corrected chi connectivity index (χ2v) is 26.3. The van der Waals surface area contributed by atoms with Crippen molar-refractivity contribution in [3.8, 4) is 0 Å². The summed E-state index contributed by atoms with van der Waals surface area (Å²) in [5.41, 5.74) is 0. The summed E-state index contributed by atoms with van der Waals surface area (Å²) < 4.78 is 0. The van der Waals surface area contributed by atoms with E-state index in [2.05, 4.69) is 19.6 Å². The largest absolute Gasteiger partial charge is 0.292 e. The van der Waals surface area contributed by atoms with Gasteiger partial charge in [-0.15, -0.1) is 0 Å². The predicted octanol–water partition coefficient (Wildman–Crippen LogP) is 7.50. The minimum atomic E-state index is 0.948. The van der Waals surface area contributed by atoms with Crippen LogP contribution in [0.2, 0.25) is 34.9 Å². The monoisotopic (exact) mass is 721 g/mol. The van der Waals surface area contributed by atoms with Crippen LogP contribution in [0.4, 0.5) is 0 Å². The molecule has 0 aromatic heterocycles. The molecule has 19 aliphatic rings. The lowest BCUT2D eigenvalue weighted by atomic mass is 9.08. The van der Waals surface area contributed by atoms with E-state index in [0.717, 1.165) is 192 Å². The molecule has 54 heavy (non-hydrogen) atoms. The van der Waals surface area contributed by atoms with E-state index in [-0.39, 0.29) is 0 Å². The van der Waals surface area contributed by atoms with Crippen LogP contribution in [0.3, 0.4) is 0 Å². The standard InChI is InChI=1S/C48H66B2N4/c1-5-23-15-27-9-10-28-17-25-7-3-21-14-22-4-8-26-18-30-12-11-29-16-24-6-2-20-13-19(1)31-37(23)51-41(27)42(28)53-39(25)33(21)50-34(22)40(26)54-44(30)43(29)52-38(24)32(20)49(31)35-45(51)47(53)36(50)48(54)46(35)52/h19-48H,1-18H2. The van der Waals surface area contributed by atoms with Gasteiger partial charge >= 0.3 is 0 Å². The number of rotatable bonds is 0. The summed E-state index contributed by atoms with van der Waals surface area (Å²) in [5.74, 6) is 19.2. The Morgan fingerprint density at radius 2 is 0.407 bits per heavy atom. The molecule has 6 heteroatoms. The number of piperazine rings is 2. The molecule has 12 aliphatic heterocycles. The summed E-state index contributed by atoms with van der Waals surface area (Å²) in [6, 6.07) is 11.7. The molecule has 7 aliphatic carbocycles. The fourth-order valence-electron chi connectivity index (χ4n) is 27.0. The Labute approximate surface area is 325 Å². The minimum absolute atomic E-state index is 0.948. The lowest BCUT2D eigenvalue weighted by molar-refractivity contribution is -0.284. The maximum absolute atomic E-state index is 3.73. The lowest BCUT2D eigenvalue weighted by Gasteiger charge is -2.88. The zero-order valence-electron chi connectivity index (χ0n) is 33.0. The molecule has 19 fully saturated rings. The van der Waals surface area contributed by atoms with Gasteiger partial charge in [0.05, 0.1) is 0 Å². The third-order valence-electron chi connectivity index (χ3n) is 26.5. The average molecular weight is 721 g/mol. The molecule has 12 heterocycles. The Morgan fingerprint density at radius 1 is 0.204 bits per heavy atom. The zero-order chi connectivity index (χ0) is 33.5.